The second kappa shape index (κ2) is 6.76. The van der Waals surface area contributed by atoms with Gasteiger partial charge in [-0.2, -0.15) is 0 Å². The number of hydrogen-bond donors (Lipinski definition) is 3. The third-order valence-corrected chi connectivity index (χ3v) is 4.59. The number of H-pyrrole nitrogens is 1. The second-order valence-electron chi connectivity index (χ2n) is 6.38. The topological polar surface area (TPSA) is 147 Å². The van der Waals surface area contributed by atoms with Crippen molar-refractivity contribution in [3.8, 4) is 0 Å². The molecule has 3 aromatic rings. The van der Waals surface area contributed by atoms with Gasteiger partial charge >= 0.3 is 0 Å². The SMILES string of the molecule is NC(=O)c1cnc(N2CCN(c3nc4c(C(N)=O)cc(F)cc4[nH]3)CC2)nc1. The molecular formula is C17H17FN8O2. The van der Waals surface area contributed by atoms with Crippen LogP contribution in [0.4, 0.5) is 16.3 Å². The zero-order valence-electron chi connectivity index (χ0n) is 14.7. The minimum Gasteiger partial charge on any atom is -0.366 e. The number of imidazole rings is 1. The molecule has 3 heterocycles. The Hall–Kier alpha value is -3.76. The summed E-state index contributed by atoms with van der Waals surface area (Å²) in [4.78, 5) is 42.4. The van der Waals surface area contributed by atoms with E-state index in [-0.39, 0.29) is 11.1 Å². The molecule has 1 aliphatic rings. The van der Waals surface area contributed by atoms with Crippen LogP contribution in [0.2, 0.25) is 0 Å². The van der Waals surface area contributed by atoms with Crippen LogP contribution in [-0.2, 0) is 0 Å². The summed E-state index contributed by atoms with van der Waals surface area (Å²) in [7, 11) is 0. The lowest BCUT2D eigenvalue weighted by Gasteiger charge is -2.34. The normalized spacial score (nSPS) is 14.5. The van der Waals surface area contributed by atoms with E-state index < -0.39 is 17.6 Å². The number of aromatic amines is 1. The lowest BCUT2D eigenvalue weighted by molar-refractivity contribution is 0.0992. The highest BCUT2D eigenvalue weighted by Crippen LogP contribution is 2.23. The van der Waals surface area contributed by atoms with Gasteiger partial charge < -0.3 is 26.3 Å². The summed E-state index contributed by atoms with van der Waals surface area (Å²) in [6, 6.07) is 2.36. The largest absolute Gasteiger partial charge is 0.366 e. The fourth-order valence-corrected chi connectivity index (χ4v) is 3.14. The highest BCUT2D eigenvalue weighted by atomic mass is 19.1. The Kier molecular flexibility index (Phi) is 4.26. The van der Waals surface area contributed by atoms with Crippen LogP contribution >= 0.6 is 0 Å². The summed E-state index contributed by atoms with van der Waals surface area (Å²) in [6.07, 6.45) is 2.80. The summed E-state index contributed by atoms with van der Waals surface area (Å²) in [5.74, 6) is -0.824. The quantitative estimate of drug-likeness (QED) is 0.574. The summed E-state index contributed by atoms with van der Waals surface area (Å²) < 4.78 is 13.7. The molecule has 0 aliphatic carbocycles. The summed E-state index contributed by atoms with van der Waals surface area (Å²) in [5, 5.41) is 0. The average molecular weight is 384 g/mol. The first-order valence-corrected chi connectivity index (χ1v) is 8.53. The number of piperazine rings is 1. The van der Waals surface area contributed by atoms with Crippen molar-refractivity contribution in [1.82, 2.24) is 19.9 Å². The Balaban J connectivity index is 1.51. The van der Waals surface area contributed by atoms with Gasteiger partial charge in [-0.3, -0.25) is 9.59 Å². The number of rotatable bonds is 4. The number of fused-ring (bicyclic) bond motifs is 1. The van der Waals surface area contributed by atoms with Crippen molar-refractivity contribution in [3.63, 3.8) is 0 Å². The molecule has 0 radical (unpaired) electrons. The standard InChI is InChI=1S/C17H17FN8O2/c18-10-5-11(15(20)28)13-12(6-10)23-17(24-13)26-3-1-25(2-4-26)16-21-7-9(8-22-16)14(19)27/h5-8H,1-4H2,(H2,19,27)(H2,20,28)(H,23,24). The fourth-order valence-electron chi connectivity index (χ4n) is 3.14. The molecule has 0 spiro atoms. The second-order valence-corrected chi connectivity index (χ2v) is 6.38. The Labute approximate surface area is 158 Å². The van der Waals surface area contributed by atoms with E-state index >= 15 is 0 Å². The minimum absolute atomic E-state index is 0.0408. The summed E-state index contributed by atoms with van der Waals surface area (Å²) in [5.41, 5.74) is 11.6. The smallest absolute Gasteiger partial charge is 0.251 e. The van der Waals surface area contributed by atoms with Crippen LogP contribution in [0.15, 0.2) is 24.5 Å². The molecule has 10 nitrogen and oxygen atoms in total. The molecule has 5 N–H and O–H groups in total. The zero-order valence-corrected chi connectivity index (χ0v) is 14.7. The van der Waals surface area contributed by atoms with Crippen molar-refractivity contribution in [2.45, 2.75) is 0 Å². The van der Waals surface area contributed by atoms with Crippen LogP contribution in [0.25, 0.3) is 11.0 Å². The Morgan fingerprint density at radius 1 is 1.00 bits per heavy atom. The van der Waals surface area contributed by atoms with Crippen molar-refractivity contribution >= 4 is 34.7 Å². The average Bonchev–Trinajstić information content (AvgIpc) is 3.11. The third kappa shape index (κ3) is 3.17. The van der Waals surface area contributed by atoms with Gasteiger partial charge in [0.05, 0.1) is 16.6 Å². The van der Waals surface area contributed by atoms with Crippen LogP contribution in [-0.4, -0.2) is 57.9 Å². The van der Waals surface area contributed by atoms with Crippen LogP contribution < -0.4 is 21.3 Å². The highest BCUT2D eigenvalue weighted by Gasteiger charge is 2.23. The number of aromatic nitrogens is 4. The first kappa shape index (κ1) is 17.6. The van der Waals surface area contributed by atoms with E-state index in [0.717, 1.165) is 6.07 Å². The van der Waals surface area contributed by atoms with Crippen LogP contribution in [0.3, 0.4) is 0 Å². The molecule has 1 saturated heterocycles. The number of carbonyl (C=O) groups is 2. The molecule has 2 aromatic heterocycles. The van der Waals surface area contributed by atoms with E-state index in [1.807, 2.05) is 9.80 Å². The van der Waals surface area contributed by atoms with Gasteiger partial charge in [0.2, 0.25) is 11.9 Å². The fraction of sp³-hybridized carbons (Fsp3) is 0.235. The Bertz CT molecular complexity index is 1060. The first-order valence-electron chi connectivity index (χ1n) is 8.53. The lowest BCUT2D eigenvalue weighted by atomic mass is 10.1. The highest BCUT2D eigenvalue weighted by molar-refractivity contribution is 6.04. The molecule has 28 heavy (non-hydrogen) atoms. The van der Waals surface area contributed by atoms with E-state index in [2.05, 4.69) is 19.9 Å². The molecule has 1 aromatic carbocycles. The number of nitrogens with two attached hydrogens (primary N) is 2. The first-order chi connectivity index (χ1) is 13.4. The predicted molar refractivity (Wildman–Crippen MR) is 99.5 cm³/mol. The van der Waals surface area contributed by atoms with E-state index in [1.54, 1.807) is 0 Å². The maximum absolute atomic E-state index is 13.7. The summed E-state index contributed by atoms with van der Waals surface area (Å²) >= 11 is 0. The van der Waals surface area contributed by atoms with Crippen LogP contribution in [0.5, 0.6) is 0 Å². The molecule has 1 fully saturated rings. The van der Waals surface area contributed by atoms with Crippen molar-refractivity contribution < 1.29 is 14.0 Å². The molecule has 144 valence electrons. The third-order valence-electron chi connectivity index (χ3n) is 4.59. The Morgan fingerprint density at radius 3 is 2.25 bits per heavy atom. The predicted octanol–water partition coefficient (Wildman–Crippen LogP) is 0.0164. The van der Waals surface area contributed by atoms with Gasteiger partial charge in [-0.05, 0) is 12.1 Å². The summed E-state index contributed by atoms with van der Waals surface area (Å²) in [6.45, 7) is 2.44. The number of anilines is 2. The van der Waals surface area contributed by atoms with Gasteiger partial charge in [0, 0.05) is 38.6 Å². The van der Waals surface area contributed by atoms with Gasteiger partial charge in [-0.25, -0.2) is 19.3 Å². The van der Waals surface area contributed by atoms with Crippen molar-refractivity contribution in [3.05, 3.63) is 41.5 Å². The minimum atomic E-state index is -0.732. The van der Waals surface area contributed by atoms with Gasteiger partial charge in [0.1, 0.15) is 11.3 Å². The number of primary amides is 2. The van der Waals surface area contributed by atoms with E-state index in [1.165, 1.54) is 18.5 Å². The van der Waals surface area contributed by atoms with Gasteiger partial charge in [0.15, 0.2) is 0 Å². The van der Waals surface area contributed by atoms with Gasteiger partial charge in [-0.1, -0.05) is 0 Å². The van der Waals surface area contributed by atoms with Crippen LogP contribution in [0, 0.1) is 5.82 Å². The molecule has 11 heteroatoms. The number of nitrogens with one attached hydrogen (secondary N) is 1. The van der Waals surface area contributed by atoms with Crippen molar-refractivity contribution in [2.75, 3.05) is 36.0 Å². The maximum atomic E-state index is 13.7. The number of halogens is 1. The molecule has 0 saturated carbocycles. The maximum Gasteiger partial charge on any atom is 0.251 e. The molecule has 2 amide bonds. The molecule has 0 unspecified atom stereocenters. The number of carbonyl (C=O) groups excluding carboxylic acids is 2. The van der Waals surface area contributed by atoms with Crippen molar-refractivity contribution in [2.24, 2.45) is 11.5 Å². The number of benzene rings is 1. The zero-order chi connectivity index (χ0) is 19.8. The number of hydrogen-bond acceptors (Lipinski definition) is 7. The number of nitrogens with zero attached hydrogens (tertiary/aromatic N) is 5. The molecule has 0 atom stereocenters. The van der Waals surface area contributed by atoms with Crippen molar-refractivity contribution in [1.29, 1.82) is 0 Å². The van der Waals surface area contributed by atoms with E-state index in [0.29, 0.717) is 49.1 Å². The monoisotopic (exact) mass is 384 g/mol. The van der Waals surface area contributed by atoms with E-state index in [9.17, 15) is 14.0 Å². The van der Waals surface area contributed by atoms with Gasteiger partial charge in [-0.15, -0.1) is 0 Å². The number of amides is 2. The van der Waals surface area contributed by atoms with E-state index in [4.69, 9.17) is 11.5 Å². The van der Waals surface area contributed by atoms with Gasteiger partial charge in [0.25, 0.3) is 11.8 Å². The molecule has 1 aliphatic heterocycles. The lowest BCUT2D eigenvalue weighted by Crippen LogP contribution is -2.47. The molecular weight excluding hydrogens is 367 g/mol. The molecule has 4 rings (SSSR count). The molecule has 0 bridgehead atoms. The Morgan fingerprint density at radius 2 is 1.64 bits per heavy atom. The van der Waals surface area contributed by atoms with Crippen LogP contribution in [0.1, 0.15) is 20.7 Å².